The number of esters is 1. The fraction of sp³-hybridized carbons (Fsp3) is 0.920. The van der Waals surface area contributed by atoms with Crippen LogP contribution in [0.4, 0.5) is 0 Å². The van der Waals surface area contributed by atoms with Crippen molar-refractivity contribution in [3.8, 4) is 0 Å². The van der Waals surface area contributed by atoms with E-state index in [1.807, 2.05) is 6.08 Å². The molecule has 0 spiro atoms. The monoisotopic (exact) mass is 1140 g/mol. The van der Waals surface area contributed by atoms with Crippen molar-refractivity contribution in [3.05, 3.63) is 24.3 Å². The van der Waals surface area contributed by atoms with E-state index in [1.54, 1.807) is 6.08 Å². The van der Waals surface area contributed by atoms with Crippen molar-refractivity contribution in [1.82, 2.24) is 5.32 Å². The Bertz CT molecular complexity index is 1270. The highest BCUT2D eigenvalue weighted by molar-refractivity contribution is 5.76. The maximum Gasteiger partial charge on any atom is 0.305 e. The summed E-state index contributed by atoms with van der Waals surface area (Å²) in [7, 11) is 0. The molecule has 480 valence electrons. The van der Waals surface area contributed by atoms with Gasteiger partial charge >= 0.3 is 5.97 Å². The summed E-state index contributed by atoms with van der Waals surface area (Å²) in [6, 6.07) is -0.622. The second-order valence-corrected chi connectivity index (χ2v) is 25.6. The first-order chi connectivity index (χ1) is 40.0. The lowest BCUT2D eigenvalue weighted by molar-refractivity contribution is -0.143. The van der Waals surface area contributed by atoms with Crippen LogP contribution in [-0.4, -0.2) is 47.4 Å². The number of aliphatic hydroxyl groups excluding tert-OH is 2. The van der Waals surface area contributed by atoms with Crippen molar-refractivity contribution in [2.75, 3.05) is 13.2 Å². The molecule has 3 N–H and O–H groups in total. The van der Waals surface area contributed by atoms with Gasteiger partial charge in [-0.25, -0.2) is 0 Å². The number of carbonyl (C=O) groups excluding carboxylic acids is 2. The minimum atomic E-state index is -0.839. The lowest BCUT2D eigenvalue weighted by Gasteiger charge is -2.20. The van der Waals surface area contributed by atoms with Gasteiger partial charge in [-0.05, 0) is 57.8 Å². The third-order valence-corrected chi connectivity index (χ3v) is 17.5. The minimum Gasteiger partial charge on any atom is -0.466 e. The van der Waals surface area contributed by atoms with E-state index in [1.165, 1.54) is 353 Å². The van der Waals surface area contributed by atoms with E-state index in [2.05, 4.69) is 31.3 Å². The molecule has 0 saturated heterocycles. The Morgan fingerprint density at radius 2 is 0.580 bits per heavy atom. The zero-order chi connectivity index (χ0) is 58.5. The number of hydrogen-bond donors (Lipinski definition) is 3. The normalized spacial score (nSPS) is 12.6. The SMILES string of the molecule is CCCCCCCC/C=C\CCCCCCCCCC(=O)OCCCCCCCCCCCCCCCCCCCCCCCCCCCCCCCCCCCCCC(=O)NC(CO)C(O)/C=C/CCCCCCCCCCCC. The van der Waals surface area contributed by atoms with Gasteiger partial charge in [-0.1, -0.05) is 372 Å². The Hall–Kier alpha value is -1.66. The van der Waals surface area contributed by atoms with Crippen molar-refractivity contribution in [3.63, 3.8) is 0 Å². The van der Waals surface area contributed by atoms with Crippen molar-refractivity contribution in [1.29, 1.82) is 0 Å². The van der Waals surface area contributed by atoms with Gasteiger partial charge in [0.1, 0.15) is 0 Å². The number of nitrogens with one attached hydrogen (secondary N) is 1. The summed E-state index contributed by atoms with van der Waals surface area (Å²) in [6.07, 6.45) is 90.1. The molecule has 6 heteroatoms. The largest absolute Gasteiger partial charge is 0.466 e. The number of rotatable bonds is 70. The molecule has 2 atom stereocenters. The van der Waals surface area contributed by atoms with Gasteiger partial charge in [0.25, 0.3) is 0 Å². The fourth-order valence-corrected chi connectivity index (χ4v) is 11.8. The molecular weight excluding hydrogens is 995 g/mol. The van der Waals surface area contributed by atoms with Crippen LogP contribution in [0.25, 0.3) is 0 Å². The van der Waals surface area contributed by atoms with Crippen molar-refractivity contribution >= 4 is 11.9 Å². The molecule has 0 aliphatic carbocycles. The molecule has 1 amide bonds. The zero-order valence-corrected chi connectivity index (χ0v) is 55.0. The highest BCUT2D eigenvalue weighted by Crippen LogP contribution is 2.19. The molecule has 0 saturated carbocycles. The topological polar surface area (TPSA) is 95.9 Å². The van der Waals surface area contributed by atoms with E-state index in [-0.39, 0.29) is 18.5 Å². The summed E-state index contributed by atoms with van der Waals surface area (Å²) >= 11 is 0. The second-order valence-electron chi connectivity index (χ2n) is 25.6. The summed E-state index contributed by atoms with van der Waals surface area (Å²) in [5, 5.41) is 23.1. The van der Waals surface area contributed by atoms with E-state index in [0.717, 1.165) is 38.5 Å². The molecule has 0 rings (SSSR count). The van der Waals surface area contributed by atoms with E-state index in [0.29, 0.717) is 19.4 Å². The highest BCUT2D eigenvalue weighted by atomic mass is 16.5. The van der Waals surface area contributed by atoms with Gasteiger partial charge in [0.15, 0.2) is 0 Å². The maximum absolute atomic E-state index is 12.5. The summed E-state index contributed by atoms with van der Waals surface area (Å²) in [4.78, 5) is 24.6. The average Bonchev–Trinajstić information content (AvgIpc) is 3.47. The highest BCUT2D eigenvalue weighted by Gasteiger charge is 2.18. The smallest absolute Gasteiger partial charge is 0.305 e. The quantitative estimate of drug-likeness (QED) is 0.0320. The van der Waals surface area contributed by atoms with Crippen LogP contribution in [0.2, 0.25) is 0 Å². The van der Waals surface area contributed by atoms with Crippen LogP contribution >= 0.6 is 0 Å². The first kappa shape index (κ1) is 79.3. The standard InChI is InChI=1S/C75H145NO5/c1-3-5-7-9-11-13-15-17-18-38-42-45-49-53-57-61-65-69-75(80)81-70-66-62-58-54-50-46-43-40-37-35-33-31-29-27-25-23-21-19-20-22-24-26-28-30-32-34-36-39-41-44-48-52-56-60-64-68-74(79)76-72(71-77)73(78)67-63-59-55-51-47-16-14-12-10-8-6-4-2/h17-18,63,67,72-73,77-78H,3-16,19-62,64-66,68-71H2,1-2H3,(H,76,79)/b18-17-,67-63+. The van der Waals surface area contributed by atoms with Gasteiger partial charge in [0.2, 0.25) is 5.91 Å². The molecule has 0 aromatic rings. The van der Waals surface area contributed by atoms with Gasteiger partial charge in [0, 0.05) is 12.8 Å². The van der Waals surface area contributed by atoms with E-state index >= 15 is 0 Å². The molecule has 6 nitrogen and oxygen atoms in total. The van der Waals surface area contributed by atoms with Crippen molar-refractivity contribution in [2.24, 2.45) is 0 Å². The molecule has 0 aliphatic rings. The van der Waals surface area contributed by atoms with Crippen molar-refractivity contribution in [2.45, 2.75) is 431 Å². The number of allylic oxidation sites excluding steroid dienone is 3. The van der Waals surface area contributed by atoms with E-state index < -0.39 is 12.1 Å². The van der Waals surface area contributed by atoms with Gasteiger partial charge < -0.3 is 20.3 Å². The number of ether oxygens (including phenoxy) is 1. The summed E-state index contributed by atoms with van der Waals surface area (Å²) in [6.45, 7) is 4.93. The van der Waals surface area contributed by atoms with Crippen LogP contribution in [0.5, 0.6) is 0 Å². The van der Waals surface area contributed by atoms with Gasteiger partial charge in [-0.15, -0.1) is 0 Å². The molecule has 0 aromatic heterocycles. The van der Waals surface area contributed by atoms with Crippen LogP contribution < -0.4 is 5.32 Å². The summed E-state index contributed by atoms with van der Waals surface area (Å²) in [5.74, 6) is -0.0417. The van der Waals surface area contributed by atoms with Crippen molar-refractivity contribution < 1.29 is 24.5 Å². The summed E-state index contributed by atoms with van der Waals surface area (Å²) in [5.41, 5.74) is 0. The second kappa shape index (κ2) is 70.8. The molecule has 0 bridgehead atoms. The Labute approximate surface area is 507 Å². The number of amides is 1. The molecule has 0 heterocycles. The molecule has 0 aromatic carbocycles. The predicted molar refractivity (Wildman–Crippen MR) is 356 cm³/mol. The lowest BCUT2D eigenvalue weighted by atomic mass is 10.0. The minimum absolute atomic E-state index is 0.0197. The Balaban J connectivity index is 3.29. The summed E-state index contributed by atoms with van der Waals surface area (Å²) < 4.78 is 5.51. The van der Waals surface area contributed by atoms with Gasteiger partial charge in [-0.3, -0.25) is 9.59 Å². The first-order valence-corrected chi connectivity index (χ1v) is 37.1. The predicted octanol–water partition coefficient (Wildman–Crippen LogP) is 24.1. The maximum atomic E-state index is 12.5. The fourth-order valence-electron chi connectivity index (χ4n) is 11.8. The van der Waals surface area contributed by atoms with Crippen LogP contribution in [0.1, 0.15) is 418 Å². The van der Waals surface area contributed by atoms with Crippen LogP contribution in [-0.2, 0) is 14.3 Å². The lowest BCUT2D eigenvalue weighted by Crippen LogP contribution is -2.45. The molecule has 0 radical (unpaired) electrons. The molecule has 81 heavy (non-hydrogen) atoms. The average molecular weight is 1140 g/mol. The van der Waals surface area contributed by atoms with E-state index in [4.69, 9.17) is 4.74 Å². The Morgan fingerprint density at radius 3 is 0.877 bits per heavy atom. The van der Waals surface area contributed by atoms with Gasteiger partial charge in [0.05, 0.1) is 25.4 Å². The molecule has 0 aliphatic heterocycles. The molecular formula is C75H145NO5. The number of hydrogen-bond acceptors (Lipinski definition) is 5. The number of aliphatic hydroxyl groups is 2. The van der Waals surface area contributed by atoms with Crippen LogP contribution in [0.3, 0.4) is 0 Å². The van der Waals surface area contributed by atoms with E-state index in [9.17, 15) is 19.8 Å². The molecule has 2 unspecified atom stereocenters. The third-order valence-electron chi connectivity index (χ3n) is 17.5. The molecule has 0 fully saturated rings. The van der Waals surface area contributed by atoms with Crippen LogP contribution in [0, 0.1) is 0 Å². The number of carbonyl (C=O) groups is 2. The third kappa shape index (κ3) is 67.3. The zero-order valence-electron chi connectivity index (χ0n) is 55.0. The Kier molecular flexibility index (Phi) is 69.4. The van der Waals surface area contributed by atoms with Crippen LogP contribution in [0.15, 0.2) is 24.3 Å². The van der Waals surface area contributed by atoms with Gasteiger partial charge in [-0.2, -0.15) is 0 Å². The first-order valence-electron chi connectivity index (χ1n) is 37.1. The Morgan fingerprint density at radius 1 is 0.333 bits per heavy atom. The number of unbranched alkanes of at least 4 members (excludes halogenated alkanes) is 57.